The monoisotopic (exact) mass is 238 g/mol. The molecule has 0 amide bonds. The van der Waals surface area contributed by atoms with Gasteiger partial charge in [0.2, 0.25) is 5.95 Å². The van der Waals surface area contributed by atoms with Crippen LogP contribution in [0.1, 0.15) is 38.5 Å². The van der Waals surface area contributed by atoms with Gasteiger partial charge in [0.15, 0.2) is 0 Å². The lowest BCUT2D eigenvalue weighted by atomic mass is 10.2. The van der Waals surface area contributed by atoms with Gasteiger partial charge in [0.1, 0.15) is 6.10 Å². The van der Waals surface area contributed by atoms with E-state index in [1.54, 1.807) is 0 Å². The summed E-state index contributed by atoms with van der Waals surface area (Å²) in [6.07, 6.45) is 7.24. The van der Waals surface area contributed by atoms with Crippen LogP contribution in [0.2, 0.25) is 0 Å². The summed E-state index contributed by atoms with van der Waals surface area (Å²) < 4.78 is 10.7. The fourth-order valence-electron chi connectivity index (χ4n) is 2.01. The highest BCUT2D eigenvalue weighted by Crippen LogP contribution is 2.21. The molecule has 1 saturated carbocycles. The van der Waals surface area contributed by atoms with Crippen LogP contribution in [-0.2, 0) is 0 Å². The van der Waals surface area contributed by atoms with Crippen molar-refractivity contribution in [2.24, 2.45) is 0 Å². The second-order valence-electron chi connectivity index (χ2n) is 4.19. The SMILES string of the molecule is COc1nc(N)nc(OC2CCCCCC2)n1. The molecule has 94 valence electrons. The molecule has 0 unspecified atom stereocenters. The Hall–Kier alpha value is -1.59. The van der Waals surface area contributed by atoms with Gasteiger partial charge in [-0.3, -0.25) is 0 Å². The molecule has 0 aromatic carbocycles. The first-order chi connectivity index (χ1) is 8.28. The van der Waals surface area contributed by atoms with E-state index in [-0.39, 0.29) is 24.1 Å². The van der Waals surface area contributed by atoms with E-state index >= 15 is 0 Å². The molecule has 0 spiro atoms. The minimum absolute atomic E-state index is 0.125. The number of rotatable bonds is 3. The number of ether oxygens (including phenoxy) is 2. The zero-order valence-electron chi connectivity index (χ0n) is 10.1. The van der Waals surface area contributed by atoms with Crippen LogP contribution in [0, 0.1) is 0 Å². The van der Waals surface area contributed by atoms with Gasteiger partial charge in [0, 0.05) is 0 Å². The van der Waals surface area contributed by atoms with Gasteiger partial charge in [-0.1, -0.05) is 12.8 Å². The van der Waals surface area contributed by atoms with Gasteiger partial charge in [-0.05, 0) is 25.7 Å². The minimum atomic E-state index is 0.125. The zero-order valence-corrected chi connectivity index (χ0v) is 10.1. The average molecular weight is 238 g/mol. The van der Waals surface area contributed by atoms with Crippen molar-refractivity contribution in [2.75, 3.05) is 12.8 Å². The largest absolute Gasteiger partial charge is 0.467 e. The van der Waals surface area contributed by atoms with E-state index in [9.17, 15) is 0 Å². The van der Waals surface area contributed by atoms with Crippen LogP contribution >= 0.6 is 0 Å². The molecule has 1 aromatic rings. The summed E-state index contributed by atoms with van der Waals surface area (Å²) in [5.41, 5.74) is 5.55. The van der Waals surface area contributed by atoms with Crippen LogP contribution in [0.5, 0.6) is 12.0 Å². The maximum absolute atomic E-state index is 5.74. The maximum atomic E-state index is 5.74. The smallest absolute Gasteiger partial charge is 0.324 e. The van der Waals surface area contributed by atoms with Crippen molar-refractivity contribution >= 4 is 5.95 Å². The molecule has 2 rings (SSSR count). The molecule has 0 aliphatic heterocycles. The first-order valence-corrected chi connectivity index (χ1v) is 6.00. The van der Waals surface area contributed by atoms with E-state index in [4.69, 9.17) is 15.2 Å². The first kappa shape index (κ1) is 11.9. The Balaban J connectivity index is 2.03. The number of methoxy groups -OCH3 is 1. The van der Waals surface area contributed by atoms with E-state index in [1.165, 1.54) is 32.8 Å². The normalized spacial score (nSPS) is 17.5. The van der Waals surface area contributed by atoms with Crippen molar-refractivity contribution in [1.82, 2.24) is 15.0 Å². The van der Waals surface area contributed by atoms with E-state index < -0.39 is 0 Å². The summed E-state index contributed by atoms with van der Waals surface area (Å²) in [4.78, 5) is 11.8. The Kier molecular flexibility index (Phi) is 3.95. The number of nitrogen functional groups attached to an aromatic ring is 1. The highest BCUT2D eigenvalue weighted by atomic mass is 16.5. The third-order valence-electron chi connectivity index (χ3n) is 2.87. The molecule has 1 heterocycles. The second-order valence-corrected chi connectivity index (χ2v) is 4.19. The lowest BCUT2D eigenvalue weighted by molar-refractivity contribution is 0.165. The van der Waals surface area contributed by atoms with Crippen molar-refractivity contribution < 1.29 is 9.47 Å². The van der Waals surface area contributed by atoms with Crippen molar-refractivity contribution in [3.05, 3.63) is 0 Å². The van der Waals surface area contributed by atoms with E-state index in [0.717, 1.165) is 12.8 Å². The lowest BCUT2D eigenvalue weighted by Crippen LogP contribution is -2.17. The van der Waals surface area contributed by atoms with Gasteiger partial charge in [0.05, 0.1) is 7.11 Å². The molecule has 1 fully saturated rings. The Morgan fingerprint density at radius 1 is 1.00 bits per heavy atom. The number of hydrogen-bond donors (Lipinski definition) is 1. The highest BCUT2D eigenvalue weighted by molar-refractivity contribution is 5.20. The van der Waals surface area contributed by atoms with Gasteiger partial charge >= 0.3 is 12.0 Å². The Morgan fingerprint density at radius 2 is 1.65 bits per heavy atom. The quantitative estimate of drug-likeness (QED) is 0.805. The van der Waals surface area contributed by atoms with E-state index in [0.29, 0.717) is 0 Å². The molecule has 1 aromatic heterocycles. The number of hydrogen-bond acceptors (Lipinski definition) is 6. The number of nitrogens with two attached hydrogens (primary N) is 1. The fraction of sp³-hybridized carbons (Fsp3) is 0.727. The number of nitrogens with zero attached hydrogens (tertiary/aromatic N) is 3. The summed E-state index contributed by atoms with van der Waals surface area (Å²) in [6, 6.07) is 0.461. The van der Waals surface area contributed by atoms with Gasteiger partial charge in [-0.2, -0.15) is 9.97 Å². The minimum Gasteiger partial charge on any atom is -0.467 e. The topological polar surface area (TPSA) is 83.2 Å². The molecule has 1 aliphatic carbocycles. The van der Waals surface area contributed by atoms with Crippen LogP contribution in [0.15, 0.2) is 0 Å². The zero-order chi connectivity index (χ0) is 12.1. The van der Waals surface area contributed by atoms with E-state index in [2.05, 4.69) is 15.0 Å². The molecular weight excluding hydrogens is 220 g/mol. The standard InChI is InChI=1S/C11H18N4O2/c1-16-10-13-9(12)14-11(15-10)17-8-6-4-2-3-5-7-8/h8H,2-7H2,1H3,(H2,12,13,14,15). The molecule has 0 atom stereocenters. The predicted octanol–water partition coefficient (Wildman–Crippen LogP) is 1.56. The molecule has 6 nitrogen and oxygen atoms in total. The summed E-state index contributed by atoms with van der Waals surface area (Å²) in [5.74, 6) is 0.125. The van der Waals surface area contributed by atoms with Crippen LogP contribution in [-0.4, -0.2) is 28.2 Å². The predicted molar refractivity (Wildman–Crippen MR) is 62.9 cm³/mol. The van der Waals surface area contributed by atoms with Gasteiger partial charge in [0.25, 0.3) is 0 Å². The summed E-state index contributed by atoms with van der Waals surface area (Å²) in [5, 5.41) is 0. The van der Waals surface area contributed by atoms with Crippen molar-refractivity contribution in [1.29, 1.82) is 0 Å². The lowest BCUT2D eigenvalue weighted by Gasteiger charge is -2.15. The molecule has 0 saturated heterocycles. The Morgan fingerprint density at radius 3 is 2.29 bits per heavy atom. The molecule has 1 aliphatic rings. The van der Waals surface area contributed by atoms with E-state index in [1.807, 2.05) is 0 Å². The van der Waals surface area contributed by atoms with Gasteiger partial charge in [-0.25, -0.2) is 0 Å². The van der Waals surface area contributed by atoms with Crippen LogP contribution in [0.4, 0.5) is 5.95 Å². The third-order valence-corrected chi connectivity index (χ3v) is 2.87. The Labute approximate surface area is 101 Å². The van der Waals surface area contributed by atoms with Crippen LogP contribution in [0.3, 0.4) is 0 Å². The van der Waals surface area contributed by atoms with Crippen molar-refractivity contribution in [3.8, 4) is 12.0 Å². The van der Waals surface area contributed by atoms with Crippen molar-refractivity contribution in [3.63, 3.8) is 0 Å². The average Bonchev–Trinajstić information content (AvgIpc) is 2.57. The van der Waals surface area contributed by atoms with Crippen LogP contribution in [0.25, 0.3) is 0 Å². The first-order valence-electron chi connectivity index (χ1n) is 6.00. The second kappa shape index (κ2) is 5.65. The molecular formula is C11H18N4O2. The van der Waals surface area contributed by atoms with Crippen molar-refractivity contribution in [2.45, 2.75) is 44.6 Å². The molecule has 0 radical (unpaired) electrons. The van der Waals surface area contributed by atoms with Gasteiger partial charge < -0.3 is 15.2 Å². The van der Waals surface area contributed by atoms with Crippen LogP contribution < -0.4 is 15.2 Å². The maximum Gasteiger partial charge on any atom is 0.324 e. The highest BCUT2D eigenvalue weighted by Gasteiger charge is 2.16. The summed E-state index contributed by atoms with van der Waals surface area (Å²) >= 11 is 0. The molecule has 6 heteroatoms. The Bertz CT molecular complexity index is 364. The third kappa shape index (κ3) is 3.44. The molecule has 2 N–H and O–H groups in total. The molecule has 0 bridgehead atoms. The summed E-state index contributed by atoms with van der Waals surface area (Å²) in [7, 11) is 1.49. The fourth-order valence-corrected chi connectivity index (χ4v) is 2.01. The molecule has 17 heavy (non-hydrogen) atoms. The number of anilines is 1. The number of aromatic nitrogens is 3. The van der Waals surface area contributed by atoms with Gasteiger partial charge in [-0.15, -0.1) is 4.98 Å². The summed E-state index contributed by atoms with van der Waals surface area (Å²) in [6.45, 7) is 0.